The fourth-order valence-electron chi connectivity index (χ4n) is 3.98. The molecular formula is C22H33N5O. The minimum atomic E-state index is -0.0901. The van der Waals surface area contributed by atoms with Gasteiger partial charge in [-0.3, -0.25) is 14.4 Å². The number of piperidine rings is 1. The molecule has 6 heteroatoms. The molecule has 28 heavy (non-hydrogen) atoms. The van der Waals surface area contributed by atoms with Gasteiger partial charge in [-0.1, -0.05) is 44.2 Å². The zero-order valence-electron chi connectivity index (χ0n) is 17.1. The van der Waals surface area contributed by atoms with Gasteiger partial charge in [0, 0.05) is 25.3 Å². The Balaban J connectivity index is 1.60. The number of likely N-dealkylation sites (N-methyl/N-ethyl adjacent to an activating group) is 1. The Morgan fingerprint density at radius 2 is 2.07 bits per heavy atom. The summed E-state index contributed by atoms with van der Waals surface area (Å²) in [4.78, 5) is 15.1. The standard InChI is InChI=1S/C22H33N5O/c1-3-26(4-2)20(15-18-9-6-5-7-10-18)17-24-22(28)21-12-14-27(25-21)19-11-8-13-23-16-19/h5-7,9-10,12,14,19-20,23H,3-4,8,11,13,15-17H2,1-2H3,(H,24,28). The molecule has 0 radical (unpaired) electrons. The Hall–Kier alpha value is -2.18. The highest BCUT2D eigenvalue weighted by Crippen LogP contribution is 2.16. The Bertz CT molecular complexity index is 720. The predicted octanol–water partition coefficient (Wildman–Crippen LogP) is 2.49. The van der Waals surface area contributed by atoms with Gasteiger partial charge < -0.3 is 10.6 Å². The molecule has 0 saturated carbocycles. The molecule has 0 aliphatic carbocycles. The lowest BCUT2D eigenvalue weighted by Gasteiger charge is -2.30. The van der Waals surface area contributed by atoms with E-state index in [1.54, 1.807) is 0 Å². The summed E-state index contributed by atoms with van der Waals surface area (Å²) in [5.41, 5.74) is 1.80. The van der Waals surface area contributed by atoms with Crippen molar-refractivity contribution in [3.63, 3.8) is 0 Å². The second-order valence-electron chi connectivity index (χ2n) is 7.46. The van der Waals surface area contributed by atoms with Crippen LogP contribution in [0.2, 0.25) is 0 Å². The number of rotatable bonds is 9. The molecule has 2 unspecified atom stereocenters. The fraction of sp³-hybridized carbons (Fsp3) is 0.545. The van der Waals surface area contributed by atoms with Gasteiger partial charge in [0.1, 0.15) is 5.69 Å². The Morgan fingerprint density at radius 3 is 2.75 bits per heavy atom. The summed E-state index contributed by atoms with van der Waals surface area (Å²) < 4.78 is 1.94. The van der Waals surface area contributed by atoms with E-state index >= 15 is 0 Å². The van der Waals surface area contributed by atoms with E-state index < -0.39 is 0 Å². The number of hydrogen-bond acceptors (Lipinski definition) is 4. The van der Waals surface area contributed by atoms with Crippen LogP contribution in [0.5, 0.6) is 0 Å². The molecule has 1 aliphatic heterocycles. The third-order valence-electron chi connectivity index (χ3n) is 5.63. The van der Waals surface area contributed by atoms with Gasteiger partial charge in [-0.15, -0.1) is 0 Å². The Kier molecular flexibility index (Phi) is 7.62. The summed E-state index contributed by atoms with van der Waals surface area (Å²) in [5.74, 6) is -0.0901. The van der Waals surface area contributed by atoms with Crippen LogP contribution in [0.25, 0.3) is 0 Å². The van der Waals surface area contributed by atoms with Crippen LogP contribution in [-0.4, -0.2) is 59.4 Å². The van der Waals surface area contributed by atoms with Crippen molar-refractivity contribution in [3.05, 3.63) is 53.9 Å². The van der Waals surface area contributed by atoms with E-state index in [-0.39, 0.29) is 11.9 Å². The lowest BCUT2D eigenvalue weighted by Crippen LogP contribution is -2.45. The molecule has 2 aromatic rings. The van der Waals surface area contributed by atoms with E-state index in [9.17, 15) is 4.79 Å². The molecule has 3 rings (SSSR count). The molecule has 1 aliphatic rings. The van der Waals surface area contributed by atoms with Gasteiger partial charge in [0.05, 0.1) is 6.04 Å². The normalized spacial score (nSPS) is 18.2. The first-order valence-corrected chi connectivity index (χ1v) is 10.5. The molecule has 1 aromatic heterocycles. The van der Waals surface area contributed by atoms with Gasteiger partial charge in [-0.25, -0.2) is 0 Å². The number of aromatic nitrogens is 2. The second-order valence-corrected chi connectivity index (χ2v) is 7.46. The van der Waals surface area contributed by atoms with E-state index in [1.807, 2.05) is 23.0 Å². The van der Waals surface area contributed by atoms with E-state index in [0.29, 0.717) is 18.3 Å². The molecule has 1 aromatic carbocycles. The molecule has 1 amide bonds. The maximum Gasteiger partial charge on any atom is 0.271 e. The number of benzene rings is 1. The van der Waals surface area contributed by atoms with E-state index in [1.165, 1.54) is 5.56 Å². The first kappa shape index (κ1) is 20.6. The monoisotopic (exact) mass is 383 g/mol. The maximum absolute atomic E-state index is 12.7. The van der Waals surface area contributed by atoms with Crippen molar-refractivity contribution in [1.29, 1.82) is 0 Å². The van der Waals surface area contributed by atoms with Gasteiger partial charge >= 0.3 is 0 Å². The van der Waals surface area contributed by atoms with Crippen LogP contribution in [0.15, 0.2) is 42.6 Å². The first-order chi connectivity index (χ1) is 13.7. The third-order valence-corrected chi connectivity index (χ3v) is 5.63. The van der Waals surface area contributed by atoms with Crippen molar-refractivity contribution >= 4 is 5.91 Å². The molecule has 152 valence electrons. The molecule has 6 nitrogen and oxygen atoms in total. The van der Waals surface area contributed by atoms with Crippen LogP contribution in [-0.2, 0) is 6.42 Å². The minimum Gasteiger partial charge on any atom is -0.349 e. The van der Waals surface area contributed by atoms with Crippen molar-refractivity contribution in [1.82, 2.24) is 25.3 Å². The average Bonchev–Trinajstić information content (AvgIpc) is 3.24. The summed E-state index contributed by atoms with van der Waals surface area (Å²) >= 11 is 0. The smallest absolute Gasteiger partial charge is 0.271 e. The number of carbonyl (C=O) groups excluding carboxylic acids is 1. The summed E-state index contributed by atoms with van der Waals surface area (Å²) in [6.07, 6.45) is 5.11. The van der Waals surface area contributed by atoms with Gasteiger partial charge in [0.25, 0.3) is 5.91 Å². The number of hydrogen-bond donors (Lipinski definition) is 2. The van der Waals surface area contributed by atoms with Crippen molar-refractivity contribution in [3.8, 4) is 0 Å². The van der Waals surface area contributed by atoms with Gasteiger partial charge in [0.2, 0.25) is 0 Å². The molecular weight excluding hydrogens is 350 g/mol. The molecule has 0 bridgehead atoms. The van der Waals surface area contributed by atoms with E-state index in [2.05, 4.69) is 58.7 Å². The Morgan fingerprint density at radius 1 is 1.29 bits per heavy atom. The molecule has 1 fully saturated rings. The van der Waals surface area contributed by atoms with Gasteiger partial charge in [-0.2, -0.15) is 5.10 Å². The zero-order chi connectivity index (χ0) is 19.8. The van der Waals surface area contributed by atoms with E-state index in [4.69, 9.17) is 0 Å². The van der Waals surface area contributed by atoms with Gasteiger partial charge in [0.15, 0.2) is 0 Å². The second kappa shape index (κ2) is 10.4. The minimum absolute atomic E-state index is 0.0901. The largest absolute Gasteiger partial charge is 0.349 e. The molecule has 0 spiro atoms. The molecule has 2 N–H and O–H groups in total. The third kappa shape index (κ3) is 5.42. The Labute approximate surface area is 168 Å². The summed E-state index contributed by atoms with van der Waals surface area (Å²) in [6, 6.07) is 12.9. The van der Waals surface area contributed by atoms with Crippen LogP contribution in [0.3, 0.4) is 0 Å². The quantitative estimate of drug-likeness (QED) is 0.698. The van der Waals surface area contributed by atoms with Crippen LogP contribution >= 0.6 is 0 Å². The SMILES string of the molecule is CCN(CC)C(CNC(=O)c1ccn(C2CCCNC2)n1)Cc1ccccc1. The number of carbonyl (C=O) groups is 1. The highest BCUT2D eigenvalue weighted by Gasteiger charge is 2.20. The summed E-state index contributed by atoms with van der Waals surface area (Å²) in [5, 5.41) is 11.0. The number of nitrogens with zero attached hydrogens (tertiary/aromatic N) is 3. The highest BCUT2D eigenvalue weighted by atomic mass is 16.1. The molecule has 2 atom stereocenters. The van der Waals surface area contributed by atoms with Crippen LogP contribution in [0, 0.1) is 0 Å². The van der Waals surface area contributed by atoms with Crippen LogP contribution in [0.1, 0.15) is 48.8 Å². The molecule has 1 saturated heterocycles. The lowest BCUT2D eigenvalue weighted by molar-refractivity contribution is 0.0928. The topological polar surface area (TPSA) is 62.2 Å². The van der Waals surface area contributed by atoms with Crippen LogP contribution < -0.4 is 10.6 Å². The number of nitrogens with one attached hydrogen (secondary N) is 2. The zero-order valence-corrected chi connectivity index (χ0v) is 17.1. The van der Waals surface area contributed by atoms with Crippen molar-refractivity contribution in [2.24, 2.45) is 0 Å². The summed E-state index contributed by atoms with van der Waals surface area (Å²) in [6.45, 7) is 8.88. The summed E-state index contributed by atoms with van der Waals surface area (Å²) in [7, 11) is 0. The first-order valence-electron chi connectivity index (χ1n) is 10.5. The molecule has 2 heterocycles. The average molecular weight is 384 g/mol. The van der Waals surface area contributed by atoms with Gasteiger partial charge in [-0.05, 0) is 50.5 Å². The maximum atomic E-state index is 12.7. The predicted molar refractivity (Wildman–Crippen MR) is 113 cm³/mol. The highest BCUT2D eigenvalue weighted by molar-refractivity contribution is 5.92. The fourth-order valence-corrected chi connectivity index (χ4v) is 3.98. The van der Waals surface area contributed by atoms with E-state index in [0.717, 1.165) is 45.4 Å². The number of amides is 1. The van der Waals surface area contributed by atoms with Crippen molar-refractivity contribution < 1.29 is 4.79 Å². The van der Waals surface area contributed by atoms with Crippen molar-refractivity contribution in [2.75, 3.05) is 32.7 Å². The lowest BCUT2D eigenvalue weighted by atomic mass is 10.0. The van der Waals surface area contributed by atoms with Crippen molar-refractivity contribution in [2.45, 2.75) is 45.2 Å². The van der Waals surface area contributed by atoms with Crippen LogP contribution in [0.4, 0.5) is 0 Å².